The largest absolute Gasteiger partial charge is 0.310 e. The van der Waals surface area contributed by atoms with E-state index >= 15 is 0 Å². The molecule has 0 radical (unpaired) electrons. The molecule has 0 spiro atoms. The molecule has 0 aromatic heterocycles. The quantitative estimate of drug-likeness (QED) is 0.776. The smallest absolute Gasteiger partial charge is 0.240 e. The van der Waals surface area contributed by atoms with Crippen molar-refractivity contribution >= 4 is 10.0 Å². The van der Waals surface area contributed by atoms with Crippen LogP contribution in [0.1, 0.15) is 44.2 Å². The Bertz CT molecular complexity index is 580. The Kier molecular flexibility index (Phi) is 5.41. The van der Waals surface area contributed by atoms with E-state index in [-0.39, 0.29) is 0 Å². The van der Waals surface area contributed by atoms with E-state index in [1.54, 1.807) is 6.07 Å². The first-order chi connectivity index (χ1) is 9.94. The summed E-state index contributed by atoms with van der Waals surface area (Å²) >= 11 is 0. The molecule has 21 heavy (non-hydrogen) atoms. The lowest BCUT2D eigenvalue weighted by Crippen LogP contribution is -2.29. The molecule has 5 heteroatoms. The van der Waals surface area contributed by atoms with Crippen molar-refractivity contribution in [2.45, 2.75) is 57.5 Å². The van der Waals surface area contributed by atoms with Gasteiger partial charge in [-0.15, -0.1) is 0 Å². The van der Waals surface area contributed by atoms with E-state index in [1.165, 1.54) is 12.8 Å². The van der Waals surface area contributed by atoms with Crippen LogP contribution in [0.15, 0.2) is 23.1 Å². The van der Waals surface area contributed by atoms with Crippen LogP contribution in [0.4, 0.5) is 0 Å². The van der Waals surface area contributed by atoms with Crippen molar-refractivity contribution in [3.8, 4) is 0 Å². The predicted molar refractivity (Wildman–Crippen MR) is 85.7 cm³/mol. The van der Waals surface area contributed by atoms with Crippen molar-refractivity contribution in [2.24, 2.45) is 5.92 Å². The molecule has 0 amide bonds. The minimum atomic E-state index is -3.42. The maximum absolute atomic E-state index is 12.4. The van der Waals surface area contributed by atoms with Crippen LogP contribution in [0.2, 0.25) is 0 Å². The Morgan fingerprint density at radius 3 is 2.67 bits per heavy atom. The molecule has 0 heterocycles. The molecule has 1 aromatic carbocycles. The van der Waals surface area contributed by atoms with E-state index in [4.69, 9.17) is 0 Å². The Morgan fingerprint density at radius 2 is 2.05 bits per heavy atom. The van der Waals surface area contributed by atoms with Crippen LogP contribution in [0.25, 0.3) is 0 Å². The van der Waals surface area contributed by atoms with Crippen molar-refractivity contribution in [1.82, 2.24) is 10.0 Å². The van der Waals surface area contributed by atoms with Crippen molar-refractivity contribution in [2.75, 3.05) is 6.54 Å². The molecular weight excluding hydrogens is 284 g/mol. The second kappa shape index (κ2) is 6.90. The lowest BCUT2D eigenvalue weighted by atomic mass is 10.1. The van der Waals surface area contributed by atoms with E-state index in [9.17, 15) is 8.42 Å². The molecule has 0 aliphatic heterocycles. The summed E-state index contributed by atoms with van der Waals surface area (Å²) in [4.78, 5) is 0.404. The first-order valence-corrected chi connectivity index (χ1v) is 9.24. The van der Waals surface area contributed by atoms with Crippen LogP contribution < -0.4 is 10.0 Å². The summed E-state index contributed by atoms with van der Waals surface area (Å²) < 4.78 is 27.6. The van der Waals surface area contributed by atoms with E-state index in [2.05, 4.69) is 17.0 Å². The van der Waals surface area contributed by atoms with E-state index in [0.29, 0.717) is 23.4 Å². The van der Waals surface area contributed by atoms with Gasteiger partial charge in [-0.05, 0) is 42.9 Å². The van der Waals surface area contributed by atoms with E-state index in [0.717, 1.165) is 24.1 Å². The van der Waals surface area contributed by atoms with Gasteiger partial charge in [0.1, 0.15) is 0 Å². The van der Waals surface area contributed by atoms with Gasteiger partial charge in [-0.1, -0.05) is 32.4 Å². The summed E-state index contributed by atoms with van der Waals surface area (Å²) in [5.74, 6) is 0.347. The number of sulfonamides is 1. The lowest BCUT2D eigenvalue weighted by molar-refractivity contribution is 0.528. The van der Waals surface area contributed by atoms with Crippen LogP contribution in [0.3, 0.4) is 0 Å². The van der Waals surface area contributed by atoms with Gasteiger partial charge in [0.25, 0.3) is 0 Å². The van der Waals surface area contributed by atoms with Gasteiger partial charge < -0.3 is 5.32 Å². The molecule has 0 bridgehead atoms. The number of rotatable bonds is 8. The zero-order valence-corrected chi connectivity index (χ0v) is 14.0. The first-order valence-electron chi connectivity index (χ1n) is 7.75. The second-order valence-electron chi connectivity index (χ2n) is 6.06. The third kappa shape index (κ3) is 4.53. The van der Waals surface area contributed by atoms with Crippen LogP contribution in [-0.4, -0.2) is 21.0 Å². The molecule has 1 aromatic rings. The number of nitrogens with one attached hydrogen (secondary N) is 2. The van der Waals surface area contributed by atoms with Crippen molar-refractivity contribution in [3.05, 3.63) is 29.3 Å². The lowest BCUT2D eigenvalue weighted by Gasteiger charge is -2.15. The summed E-state index contributed by atoms with van der Waals surface area (Å²) in [6.07, 6.45) is 3.42. The molecule has 1 atom stereocenters. The predicted octanol–water partition coefficient (Wildman–Crippen LogP) is 2.57. The van der Waals surface area contributed by atoms with Gasteiger partial charge in [0.15, 0.2) is 0 Å². The molecule has 1 saturated carbocycles. The van der Waals surface area contributed by atoms with Crippen molar-refractivity contribution in [1.29, 1.82) is 0 Å². The summed E-state index contributed by atoms with van der Waals surface area (Å²) in [5, 5.41) is 3.44. The van der Waals surface area contributed by atoms with E-state index < -0.39 is 10.0 Å². The Morgan fingerprint density at radius 1 is 1.33 bits per heavy atom. The monoisotopic (exact) mass is 310 g/mol. The van der Waals surface area contributed by atoms with Crippen molar-refractivity contribution < 1.29 is 8.42 Å². The second-order valence-corrected chi connectivity index (χ2v) is 7.80. The maximum atomic E-state index is 12.4. The summed E-state index contributed by atoms with van der Waals surface area (Å²) in [7, 11) is -3.42. The SMILES string of the molecule is CCC(C)CNS(=O)(=O)c1cccc(CNC2CC2)c1C. The summed E-state index contributed by atoms with van der Waals surface area (Å²) in [5.41, 5.74) is 1.91. The van der Waals surface area contributed by atoms with Crippen LogP contribution >= 0.6 is 0 Å². The third-order valence-electron chi connectivity index (χ3n) is 4.16. The minimum Gasteiger partial charge on any atom is -0.310 e. The van der Waals surface area contributed by atoms with Gasteiger partial charge >= 0.3 is 0 Å². The third-order valence-corrected chi connectivity index (χ3v) is 5.73. The Labute approximate surface area is 128 Å². The average molecular weight is 310 g/mol. The number of benzene rings is 1. The van der Waals surface area contributed by atoms with Gasteiger partial charge in [0, 0.05) is 19.1 Å². The molecule has 118 valence electrons. The van der Waals surface area contributed by atoms with Gasteiger partial charge in [-0.25, -0.2) is 13.1 Å². The highest BCUT2D eigenvalue weighted by Gasteiger charge is 2.22. The summed E-state index contributed by atoms with van der Waals surface area (Å²) in [6.45, 7) is 7.23. The average Bonchev–Trinajstić information content (AvgIpc) is 3.27. The molecule has 4 nitrogen and oxygen atoms in total. The van der Waals surface area contributed by atoms with Crippen LogP contribution in [0, 0.1) is 12.8 Å². The van der Waals surface area contributed by atoms with Crippen molar-refractivity contribution in [3.63, 3.8) is 0 Å². The molecule has 1 fully saturated rings. The highest BCUT2D eigenvalue weighted by Crippen LogP contribution is 2.22. The molecule has 1 unspecified atom stereocenters. The topological polar surface area (TPSA) is 58.2 Å². The Hall–Kier alpha value is -0.910. The first kappa shape index (κ1) is 16.5. The fourth-order valence-corrected chi connectivity index (χ4v) is 3.61. The van der Waals surface area contributed by atoms with E-state index in [1.807, 2.05) is 26.0 Å². The van der Waals surface area contributed by atoms with Gasteiger partial charge in [-0.3, -0.25) is 0 Å². The molecule has 0 saturated heterocycles. The van der Waals surface area contributed by atoms with Gasteiger partial charge in [0.05, 0.1) is 4.90 Å². The highest BCUT2D eigenvalue weighted by molar-refractivity contribution is 7.89. The Balaban J connectivity index is 2.11. The number of hydrogen-bond acceptors (Lipinski definition) is 3. The molecule has 1 aliphatic rings. The zero-order chi connectivity index (χ0) is 15.5. The van der Waals surface area contributed by atoms with Gasteiger partial charge in [-0.2, -0.15) is 0 Å². The minimum absolute atomic E-state index is 0.347. The fraction of sp³-hybridized carbons (Fsp3) is 0.625. The molecule has 2 rings (SSSR count). The molecule has 1 aliphatic carbocycles. The maximum Gasteiger partial charge on any atom is 0.240 e. The standard InChI is InChI=1S/C16H26N2O2S/c1-4-12(2)10-18-21(19,20)16-7-5-6-14(13(16)3)11-17-15-8-9-15/h5-7,12,15,17-18H,4,8-11H2,1-3H3. The van der Waals surface area contributed by atoms with Gasteiger partial charge in [0.2, 0.25) is 10.0 Å². The highest BCUT2D eigenvalue weighted by atomic mass is 32.2. The molecular formula is C16H26N2O2S. The number of hydrogen-bond donors (Lipinski definition) is 2. The molecule has 2 N–H and O–H groups in total. The fourth-order valence-electron chi connectivity index (χ4n) is 2.16. The summed E-state index contributed by atoms with van der Waals surface area (Å²) in [6, 6.07) is 6.13. The van der Waals surface area contributed by atoms with Crippen LogP contribution in [-0.2, 0) is 16.6 Å². The van der Waals surface area contributed by atoms with Crippen LogP contribution in [0.5, 0.6) is 0 Å². The normalized spacial score (nSPS) is 16.9. The zero-order valence-electron chi connectivity index (χ0n) is 13.1.